The van der Waals surface area contributed by atoms with Crippen molar-refractivity contribution < 1.29 is 13.2 Å². The van der Waals surface area contributed by atoms with Gasteiger partial charge in [-0.2, -0.15) is 9.40 Å². The molecule has 0 aliphatic rings. The van der Waals surface area contributed by atoms with Gasteiger partial charge in [0.15, 0.2) is 0 Å². The normalized spacial score (nSPS) is 11.6. The number of para-hydroxylation sites is 1. The summed E-state index contributed by atoms with van der Waals surface area (Å²) < 4.78 is 29.0. The number of nitrogens with zero attached hydrogens (tertiary/aromatic N) is 3. The van der Waals surface area contributed by atoms with Crippen LogP contribution in [0.4, 0.5) is 5.69 Å². The van der Waals surface area contributed by atoms with Gasteiger partial charge in [-0.25, -0.2) is 13.1 Å². The van der Waals surface area contributed by atoms with E-state index in [-0.39, 0.29) is 18.0 Å². The Hall–Kier alpha value is -2.68. The number of hydrogen-bond donors (Lipinski definition) is 1. The van der Waals surface area contributed by atoms with Crippen LogP contribution in [0.1, 0.15) is 24.7 Å². The van der Waals surface area contributed by atoms with Gasteiger partial charge in [0.25, 0.3) is 0 Å². The van der Waals surface area contributed by atoms with Crippen LogP contribution >= 0.6 is 11.6 Å². The molecule has 1 heterocycles. The van der Waals surface area contributed by atoms with Crippen LogP contribution in [0.15, 0.2) is 59.5 Å². The molecule has 1 amide bonds. The third kappa shape index (κ3) is 5.15. The lowest BCUT2D eigenvalue weighted by molar-refractivity contribution is -0.116. The van der Waals surface area contributed by atoms with Crippen molar-refractivity contribution in [3.63, 3.8) is 0 Å². The Balaban J connectivity index is 1.81. The van der Waals surface area contributed by atoms with E-state index in [0.29, 0.717) is 22.8 Å². The molecule has 1 N–H and O–H groups in total. The highest BCUT2D eigenvalue weighted by molar-refractivity contribution is 7.89. The molecule has 9 heteroatoms. The van der Waals surface area contributed by atoms with Gasteiger partial charge in [-0.3, -0.25) is 4.79 Å². The average Bonchev–Trinajstić information content (AvgIpc) is 3.02. The number of hydrogen-bond acceptors (Lipinski definition) is 4. The number of aryl methyl sites for hydroxylation is 1. The minimum Gasteiger partial charge on any atom is -0.322 e. The van der Waals surface area contributed by atoms with Crippen molar-refractivity contribution in [1.29, 1.82) is 0 Å². The molecule has 3 aromatic rings. The van der Waals surface area contributed by atoms with E-state index in [1.165, 1.54) is 28.6 Å². The van der Waals surface area contributed by atoms with Crippen LogP contribution in [0.2, 0.25) is 5.02 Å². The zero-order valence-corrected chi connectivity index (χ0v) is 19.2. The van der Waals surface area contributed by atoms with Crippen molar-refractivity contribution in [2.24, 2.45) is 0 Å². The lowest BCUT2D eigenvalue weighted by atomic mass is 10.3. The third-order valence-corrected chi connectivity index (χ3v) is 6.91. The van der Waals surface area contributed by atoms with E-state index in [1.807, 2.05) is 44.2 Å². The maximum absolute atomic E-state index is 13.0. The zero-order valence-electron chi connectivity index (χ0n) is 17.7. The van der Waals surface area contributed by atoms with Crippen molar-refractivity contribution >= 4 is 33.2 Å². The summed E-state index contributed by atoms with van der Waals surface area (Å²) in [5.74, 6) is -0.426. The van der Waals surface area contributed by atoms with Gasteiger partial charge in [0.1, 0.15) is 0 Å². The van der Waals surface area contributed by atoms with E-state index in [0.717, 1.165) is 11.4 Å². The lowest BCUT2D eigenvalue weighted by Gasteiger charge is -2.21. The van der Waals surface area contributed by atoms with Crippen molar-refractivity contribution in [3.05, 3.63) is 71.0 Å². The van der Waals surface area contributed by atoms with Gasteiger partial charge < -0.3 is 5.32 Å². The molecule has 7 nitrogen and oxygen atoms in total. The number of benzene rings is 2. The fourth-order valence-electron chi connectivity index (χ4n) is 3.27. The van der Waals surface area contributed by atoms with Crippen LogP contribution < -0.4 is 5.32 Å². The number of carbonyl (C=O) groups excluding carboxylic acids is 1. The van der Waals surface area contributed by atoms with Crippen LogP contribution in [0.5, 0.6) is 0 Å². The first-order valence-corrected chi connectivity index (χ1v) is 11.7. The van der Waals surface area contributed by atoms with Crippen molar-refractivity contribution in [2.75, 3.05) is 18.4 Å². The molecule has 31 heavy (non-hydrogen) atoms. The van der Waals surface area contributed by atoms with Crippen molar-refractivity contribution in [1.82, 2.24) is 14.1 Å². The molecule has 0 unspecified atom stereocenters. The molecular formula is C22H25ClN4O3S. The fraction of sp³-hybridized carbons (Fsp3) is 0.273. The highest BCUT2D eigenvalue weighted by atomic mass is 35.5. The average molecular weight is 461 g/mol. The number of aromatic nitrogens is 2. The zero-order chi connectivity index (χ0) is 22.6. The molecule has 0 aliphatic heterocycles. The third-order valence-electron chi connectivity index (χ3n) is 4.80. The van der Waals surface area contributed by atoms with Gasteiger partial charge in [0.05, 0.1) is 34.2 Å². The fourth-order valence-corrected chi connectivity index (χ4v) is 4.89. The maximum Gasteiger partial charge on any atom is 0.243 e. The first-order chi connectivity index (χ1) is 14.7. The van der Waals surface area contributed by atoms with Gasteiger partial charge in [-0.05, 0) is 56.7 Å². The molecule has 0 radical (unpaired) electrons. The monoisotopic (exact) mass is 460 g/mol. The first kappa shape index (κ1) is 23.0. The molecule has 0 bridgehead atoms. The summed E-state index contributed by atoms with van der Waals surface area (Å²) in [7, 11) is -3.83. The summed E-state index contributed by atoms with van der Waals surface area (Å²) >= 11 is 5.87. The number of nitrogens with one attached hydrogen (secondary N) is 1. The smallest absolute Gasteiger partial charge is 0.243 e. The Morgan fingerprint density at radius 2 is 1.74 bits per heavy atom. The Morgan fingerprint density at radius 1 is 1.10 bits per heavy atom. The summed E-state index contributed by atoms with van der Waals surface area (Å²) in [5.41, 5.74) is 2.87. The number of rotatable bonds is 8. The van der Waals surface area contributed by atoms with Crippen LogP contribution in [0, 0.1) is 13.8 Å². The Bertz CT molecular complexity index is 1160. The predicted molar refractivity (Wildman–Crippen MR) is 122 cm³/mol. The summed E-state index contributed by atoms with van der Waals surface area (Å²) in [6, 6.07) is 15.5. The summed E-state index contributed by atoms with van der Waals surface area (Å²) in [5, 5.41) is 7.80. The molecule has 0 fully saturated rings. The Kier molecular flexibility index (Phi) is 7.15. The van der Waals surface area contributed by atoms with Crippen LogP contribution in [-0.4, -0.2) is 41.5 Å². The van der Waals surface area contributed by atoms with Crippen molar-refractivity contribution in [2.45, 2.75) is 32.1 Å². The van der Waals surface area contributed by atoms with Crippen LogP contribution in [-0.2, 0) is 14.8 Å². The molecule has 0 saturated carbocycles. The second-order valence-electron chi connectivity index (χ2n) is 7.13. The largest absolute Gasteiger partial charge is 0.322 e. The minimum atomic E-state index is -3.83. The van der Waals surface area contributed by atoms with Gasteiger partial charge in [0, 0.05) is 11.6 Å². The highest BCUT2D eigenvalue weighted by Gasteiger charge is 2.27. The molecule has 0 aliphatic carbocycles. The number of carbonyl (C=O) groups is 1. The van der Waals surface area contributed by atoms with Crippen molar-refractivity contribution in [3.8, 4) is 5.69 Å². The molecule has 164 valence electrons. The molecule has 2 aromatic carbocycles. The Morgan fingerprint density at radius 3 is 2.35 bits per heavy atom. The lowest BCUT2D eigenvalue weighted by Crippen LogP contribution is -2.38. The molecular weight excluding hydrogens is 436 g/mol. The van der Waals surface area contributed by atoms with E-state index >= 15 is 0 Å². The second-order valence-corrected chi connectivity index (χ2v) is 9.51. The predicted octanol–water partition coefficient (Wildman–Crippen LogP) is 4.18. The number of sulfonamides is 1. The molecule has 0 atom stereocenters. The Labute approximate surface area is 187 Å². The van der Waals surface area contributed by atoms with E-state index in [4.69, 9.17) is 11.6 Å². The first-order valence-electron chi connectivity index (χ1n) is 9.91. The summed E-state index contributed by atoms with van der Waals surface area (Å²) in [6.45, 7) is 5.45. The SMILES string of the molecule is CCCN(CC(=O)Nc1c(C)nn(-c2ccccc2)c1C)S(=O)(=O)c1ccc(Cl)cc1. The van der Waals surface area contributed by atoms with Crippen LogP contribution in [0.25, 0.3) is 5.69 Å². The van der Waals surface area contributed by atoms with Gasteiger partial charge >= 0.3 is 0 Å². The number of anilines is 1. The molecule has 1 aromatic heterocycles. The topological polar surface area (TPSA) is 84.3 Å². The summed E-state index contributed by atoms with van der Waals surface area (Å²) in [6.07, 6.45) is 0.574. The molecule has 3 rings (SSSR count). The standard InChI is InChI=1S/C22H25ClN4O3S/c1-4-14-26(31(29,30)20-12-10-18(23)11-13-20)15-21(28)24-22-16(2)25-27(17(22)3)19-8-6-5-7-9-19/h5-13H,4,14-15H2,1-3H3,(H,24,28). The minimum absolute atomic E-state index is 0.0995. The second kappa shape index (κ2) is 9.64. The number of halogens is 1. The maximum atomic E-state index is 13.0. The van der Waals surface area contributed by atoms with E-state index in [1.54, 1.807) is 11.6 Å². The van der Waals surface area contributed by atoms with E-state index in [9.17, 15) is 13.2 Å². The van der Waals surface area contributed by atoms with Gasteiger partial charge in [0.2, 0.25) is 15.9 Å². The summed E-state index contributed by atoms with van der Waals surface area (Å²) in [4.78, 5) is 12.9. The van der Waals surface area contributed by atoms with E-state index in [2.05, 4.69) is 10.4 Å². The highest BCUT2D eigenvalue weighted by Crippen LogP contribution is 2.23. The number of amides is 1. The molecule has 0 spiro atoms. The van der Waals surface area contributed by atoms with E-state index < -0.39 is 15.9 Å². The quantitative estimate of drug-likeness (QED) is 0.546. The van der Waals surface area contributed by atoms with Gasteiger partial charge in [-0.1, -0.05) is 36.7 Å². The van der Waals surface area contributed by atoms with Crippen LogP contribution in [0.3, 0.4) is 0 Å². The van der Waals surface area contributed by atoms with Gasteiger partial charge in [-0.15, -0.1) is 0 Å². The molecule has 0 saturated heterocycles.